The number of carbonyl (C=O) groups excluding carboxylic acids is 1. The van der Waals surface area contributed by atoms with Gasteiger partial charge in [-0.3, -0.25) is 9.69 Å². The molecule has 0 radical (unpaired) electrons. The van der Waals surface area contributed by atoms with E-state index in [0.717, 1.165) is 25.8 Å². The van der Waals surface area contributed by atoms with E-state index in [1.54, 1.807) is 0 Å². The SMILES string of the molecule is CC(C)N(C)Cc1ccccc1CNC(=O)C[C@@H]1CCC[C@H]1N. The van der Waals surface area contributed by atoms with E-state index < -0.39 is 0 Å². The maximum absolute atomic E-state index is 12.2. The van der Waals surface area contributed by atoms with Crippen molar-refractivity contribution < 1.29 is 4.79 Å². The van der Waals surface area contributed by atoms with Gasteiger partial charge in [0.2, 0.25) is 5.91 Å². The molecule has 0 unspecified atom stereocenters. The Morgan fingerprint density at radius 1 is 1.30 bits per heavy atom. The molecular formula is C19H31N3O. The minimum absolute atomic E-state index is 0.124. The smallest absolute Gasteiger partial charge is 0.220 e. The van der Waals surface area contributed by atoms with Crippen LogP contribution in [0.3, 0.4) is 0 Å². The molecule has 0 bridgehead atoms. The van der Waals surface area contributed by atoms with Gasteiger partial charge in [0.25, 0.3) is 0 Å². The molecule has 1 aliphatic carbocycles. The summed E-state index contributed by atoms with van der Waals surface area (Å²) in [5.41, 5.74) is 8.53. The van der Waals surface area contributed by atoms with Crippen LogP contribution in [-0.2, 0) is 17.9 Å². The lowest BCUT2D eigenvalue weighted by atomic mass is 9.99. The topological polar surface area (TPSA) is 58.4 Å². The summed E-state index contributed by atoms with van der Waals surface area (Å²) in [6.07, 6.45) is 3.87. The zero-order valence-corrected chi connectivity index (χ0v) is 14.7. The van der Waals surface area contributed by atoms with E-state index in [1.165, 1.54) is 11.1 Å². The molecule has 0 heterocycles. The molecule has 1 aromatic rings. The van der Waals surface area contributed by atoms with Crippen LogP contribution >= 0.6 is 0 Å². The Kier molecular flexibility index (Phi) is 6.60. The van der Waals surface area contributed by atoms with Gasteiger partial charge in [-0.1, -0.05) is 30.7 Å². The minimum Gasteiger partial charge on any atom is -0.352 e. The molecule has 1 aromatic carbocycles. The number of amides is 1. The molecule has 4 nitrogen and oxygen atoms in total. The third kappa shape index (κ3) is 5.33. The van der Waals surface area contributed by atoms with Crippen LogP contribution in [0.5, 0.6) is 0 Å². The highest BCUT2D eigenvalue weighted by atomic mass is 16.1. The average Bonchev–Trinajstić information content (AvgIpc) is 2.91. The lowest BCUT2D eigenvalue weighted by Gasteiger charge is -2.22. The fourth-order valence-electron chi connectivity index (χ4n) is 3.16. The Bertz CT molecular complexity index is 515. The second kappa shape index (κ2) is 8.46. The van der Waals surface area contributed by atoms with Gasteiger partial charge in [0.15, 0.2) is 0 Å². The van der Waals surface area contributed by atoms with E-state index in [4.69, 9.17) is 5.73 Å². The minimum atomic E-state index is 0.124. The molecule has 4 heteroatoms. The second-order valence-corrected chi connectivity index (χ2v) is 7.11. The van der Waals surface area contributed by atoms with Crippen molar-refractivity contribution in [3.05, 3.63) is 35.4 Å². The molecule has 0 spiro atoms. The maximum Gasteiger partial charge on any atom is 0.220 e. The number of nitrogens with one attached hydrogen (secondary N) is 1. The summed E-state index contributed by atoms with van der Waals surface area (Å²) in [4.78, 5) is 14.5. The maximum atomic E-state index is 12.2. The van der Waals surface area contributed by atoms with Crippen molar-refractivity contribution in [2.75, 3.05) is 7.05 Å². The Balaban J connectivity index is 1.88. The Labute approximate surface area is 140 Å². The molecule has 128 valence electrons. The Hall–Kier alpha value is -1.39. The van der Waals surface area contributed by atoms with E-state index in [0.29, 0.717) is 24.9 Å². The first-order chi connectivity index (χ1) is 11.0. The highest BCUT2D eigenvalue weighted by molar-refractivity contribution is 5.76. The first-order valence-electron chi connectivity index (χ1n) is 8.76. The molecule has 1 amide bonds. The standard InChI is InChI=1S/C19H31N3O/c1-14(2)22(3)13-17-8-5-4-7-16(17)12-21-19(23)11-15-9-6-10-18(15)20/h4-5,7-8,14-15,18H,6,9-13,20H2,1-3H3,(H,21,23)/t15-,18+/m0/s1. The second-order valence-electron chi connectivity index (χ2n) is 7.11. The fraction of sp³-hybridized carbons (Fsp3) is 0.632. The quantitative estimate of drug-likeness (QED) is 0.813. The van der Waals surface area contributed by atoms with Gasteiger partial charge < -0.3 is 11.1 Å². The number of nitrogens with two attached hydrogens (primary N) is 1. The van der Waals surface area contributed by atoms with E-state index in [1.807, 2.05) is 6.07 Å². The lowest BCUT2D eigenvalue weighted by Crippen LogP contribution is -2.32. The largest absolute Gasteiger partial charge is 0.352 e. The first-order valence-corrected chi connectivity index (χ1v) is 8.76. The summed E-state index contributed by atoms with van der Waals surface area (Å²) in [5, 5.41) is 3.08. The van der Waals surface area contributed by atoms with Crippen molar-refractivity contribution >= 4 is 5.91 Å². The molecular weight excluding hydrogens is 286 g/mol. The predicted octanol–water partition coefficient (Wildman–Crippen LogP) is 2.66. The van der Waals surface area contributed by atoms with E-state index in [9.17, 15) is 4.79 Å². The van der Waals surface area contributed by atoms with E-state index in [2.05, 4.69) is 49.3 Å². The Morgan fingerprint density at radius 2 is 2.00 bits per heavy atom. The van der Waals surface area contributed by atoms with Crippen LogP contribution in [-0.4, -0.2) is 29.9 Å². The Morgan fingerprint density at radius 3 is 2.61 bits per heavy atom. The van der Waals surface area contributed by atoms with Crippen LogP contribution in [0.25, 0.3) is 0 Å². The number of carbonyl (C=O) groups is 1. The van der Waals surface area contributed by atoms with Gasteiger partial charge in [-0.05, 0) is 50.8 Å². The molecule has 2 rings (SSSR count). The molecule has 2 atom stereocenters. The molecule has 1 fully saturated rings. The van der Waals surface area contributed by atoms with E-state index in [-0.39, 0.29) is 11.9 Å². The summed E-state index contributed by atoms with van der Waals surface area (Å²) in [6.45, 7) is 5.88. The van der Waals surface area contributed by atoms with Crippen molar-refractivity contribution in [3.63, 3.8) is 0 Å². The number of hydrogen-bond donors (Lipinski definition) is 2. The van der Waals surface area contributed by atoms with Gasteiger partial charge in [0.05, 0.1) is 0 Å². The molecule has 0 saturated heterocycles. The van der Waals surface area contributed by atoms with Crippen LogP contribution in [0.1, 0.15) is 50.7 Å². The van der Waals surface area contributed by atoms with E-state index >= 15 is 0 Å². The normalized spacial score (nSPS) is 21.1. The summed E-state index contributed by atoms with van der Waals surface area (Å²) in [5.74, 6) is 0.483. The lowest BCUT2D eigenvalue weighted by molar-refractivity contribution is -0.122. The molecule has 1 saturated carbocycles. The van der Waals surface area contributed by atoms with Crippen LogP contribution in [0.4, 0.5) is 0 Å². The summed E-state index contributed by atoms with van der Waals surface area (Å²) < 4.78 is 0. The van der Waals surface area contributed by atoms with Gasteiger partial charge in [-0.25, -0.2) is 0 Å². The number of nitrogens with zero attached hydrogens (tertiary/aromatic N) is 1. The van der Waals surface area contributed by atoms with Crippen molar-refractivity contribution in [1.29, 1.82) is 0 Å². The number of rotatable bonds is 7. The number of benzene rings is 1. The van der Waals surface area contributed by atoms with Crippen LogP contribution in [0.15, 0.2) is 24.3 Å². The van der Waals surface area contributed by atoms with Crippen LogP contribution in [0, 0.1) is 5.92 Å². The summed E-state index contributed by atoms with van der Waals surface area (Å²) in [6, 6.07) is 9.05. The van der Waals surface area contributed by atoms with Gasteiger partial charge >= 0.3 is 0 Å². The van der Waals surface area contributed by atoms with Crippen LogP contribution < -0.4 is 11.1 Å². The molecule has 0 aromatic heterocycles. The highest BCUT2D eigenvalue weighted by Gasteiger charge is 2.25. The number of hydrogen-bond acceptors (Lipinski definition) is 3. The molecule has 1 aliphatic rings. The van der Waals surface area contributed by atoms with Gasteiger partial charge in [0, 0.05) is 31.6 Å². The molecule has 3 N–H and O–H groups in total. The zero-order chi connectivity index (χ0) is 16.8. The van der Waals surface area contributed by atoms with Crippen molar-refractivity contribution in [3.8, 4) is 0 Å². The van der Waals surface area contributed by atoms with Crippen molar-refractivity contribution in [2.24, 2.45) is 11.7 Å². The monoisotopic (exact) mass is 317 g/mol. The zero-order valence-electron chi connectivity index (χ0n) is 14.7. The first kappa shape index (κ1) is 18.0. The van der Waals surface area contributed by atoms with Gasteiger partial charge in [-0.2, -0.15) is 0 Å². The summed E-state index contributed by atoms with van der Waals surface area (Å²) in [7, 11) is 2.13. The summed E-state index contributed by atoms with van der Waals surface area (Å²) >= 11 is 0. The molecule has 23 heavy (non-hydrogen) atoms. The highest BCUT2D eigenvalue weighted by Crippen LogP contribution is 2.26. The van der Waals surface area contributed by atoms with Crippen molar-refractivity contribution in [2.45, 2.75) is 64.7 Å². The molecule has 0 aliphatic heterocycles. The average molecular weight is 317 g/mol. The third-order valence-electron chi connectivity index (χ3n) is 5.06. The van der Waals surface area contributed by atoms with Gasteiger partial charge in [0.1, 0.15) is 0 Å². The van der Waals surface area contributed by atoms with Gasteiger partial charge in [-0.15, -0.1) is 0 Å². The predicted molar refractivity (Wildman–Crippen MR) is 94.8 cm³/mol. The van der Waals surface area contributed by atoms with Crippen molar-refractivity contribution in [1.82, 2.24) is 10.2 Å². The third-order valence-corrected chi connectivity index (χ3v) is 5.06. The van der Waals surface area contributed by atoms with Crippen LogP contribution in [0.2, 0.25) is 0 Å². The fourth-order valence-corrected chi connectivity index (χ4v) is 3.16.